The van der Waals surface area contributed by atoms with Gasteiger partial charge in [-0.1, -0.05) is 18.2 Å². The molecule has 0 unspecified atom stereocenters. The average molecular weight is 291 g/mol. The van der Waals surface area contributed by atoms with E-state index in [1.807, 2.05) is 18.0 Å². The SMILES string of the molecule is CN(Cc1cccc(F)c1)Cc1ccc(C(=O)O)c(F)c1. The molecule has 2 aromatic rings. The van der Waals surface area contributed by atoms with Gasteiger partial charge in [0.1, 0.15) is 11.6 Å². The van der Waals surface area contributed by atoms with Crippen LogP contribution in [0, 0.1) is 11.6 Å². The molecule has 0 aliphatic carbocycles. The van der Waals surface area contributed by atoms with Gasteiger partial charge < -0.3 is 5.11 Å². The number of carbonyl (C=O) groups is 1. The van der Waals surface area contributed by atoms with E-state index in [2.05, 4.69) is 0 Å². The van der Waals surface area contributed by atoms with E-state index in [-0.39, 0.29) is 11.4 Å². The van der Waals surface area contributed by atoms with Gasteiger partial charge in [-0.3, -0.25) is 4.90 Å². The predicted octanol–water partition coefficient (Wildman–Crippen LogP) is 3.30. The second-order valence-electron chi connectivity index (χ2n) is 4.92. The molecule has 0 saturated heterocycles. The molecule has 1 N–H and O–H groups in total. The Kier molecular flexibility index (Phi) is 4.65. The van der Waals surface area contributed by atoms with Crippen LogP contribution >= 0.6 is 0 Å². The largest absolute Gasteiger partial charge is 0.478 e. The molecule has 5 heteroatoms. The van der Waals surface area contributed by atoms with Crippen LogP contribution in [0.1, 0.15) is 21.5 Å². The Labute approximate surface area is 121 Å². The minimum atomic E-state index is -1.29. The summed E-state index contributed by atoms with van der Waals surface area (Å²) in [7, 11) is 1.83. The van der Waals surface area contributed by atoms with Crippen LogP contribution in [-0.2, 0) is 13.1 Å². The summed E-state index contributed by atoms with van der Waals surface area (Å²) < 4.78 is 26.7. The fourth-order valence-corrected chi connectivity index (χ4v) is 2.14. The van der Waals surface area contributed by atoms with Crippen molar-refractivity contribution in [3.8, 4) is 0 Å². The summed E-state index contributed by atoms with van der Waals surface area (Å²) in [6.45, 7) is 0.952. The zero-order valence-electron chi connectivity index (χ0n) is 11.5. The quantitative estimate of drug-likeness (QED) is 0.919. The topological polar surface area (TPSA) is 40.5 Å². The van der Waals surface area contributed by atoms with Crippen LogP contribution in [0.25, 0.3) is 0 Å². The highest BCUT2D eigenvalue weighted by Crippen LogP contribution is 2.14. The first-order chi connectivity index (χ1) is 9.95. The third-order valence-corrected chi connectivity index (χ3v) is 3.06. The molecular weight excluding hydrogens is 276 g/mol. The van der Waals surface area contributed by atoms with E-state index < -0.39 is 11.8 Å². The Bertz CT molecular complexity index is 658. The maximum absolute atomic E-state index is 13.6. The van der Waals surface area contributed by atoms with Gasteiger partial charge in [0, 0.05) is 13.1 Å². The maximum Gasteiger partial charge on any atom is 0.338 e. The van der Waals surface area contributed by atoms with E-state index in [4.69, 9.17) is 5.11 Å². The third kappa shape index (κ3) is 4.10. The Morgan fingerprint density at radius 2 is 1.76 bits per heavy atom. The number of nitrogens with zero attached hydrogens (tertiary/aromatic N) is 1. The average Bonchev–Trinajstić information content (AvgIpc) is 2.38. The van der Waals surface area contributed by atoms with Crippen molar-refractivity contribution >= 4 is 5.97 Å². The standard InChI is InChI=1S/C16H15F2NO2/c1-19(9-11-3-2-4-13(17)7-11)10-12-5-6-14(16(20)21)15(18)8-12/h2-8H,9-10H2,1H3,(H,20,21). The van der Waals surface area contributed by atoms with Gasteiger partial charge >= 0.3 is 5.97 Å². The molecule has 0 aliphatic heterocycles. The van der Waals surface area contributed by atoms with Crippen molar-refractivity contribution in [2.24, 2.45) is 0 Å². The fraction of sp³-hybridized carbons (Fsp3) is 0.188. The van der Waals surface area contributed by atoms with Gasteiger partial charge in [-0.05, 0) is 42.4 Å². The predicted molar refractivity (Wildman–Crippen MR) is 74.9 cm³/mol. The lowest BCUT2D eigenvalue weighted by atomic mass is 10.1. The molecule has 0 fully saturated rings. The van der Waals surface area contributed by atoms with Gasteiger partial charge in [0.25, 0.3) is 0 Å². The molecule has 0 saturated carbocycles. The smallest absolute Gasteiger partial charge is 0.338 e. The van der Waals surface area contributed by atoms with Gasteiger partial charge in [0.15, 0.2) is 0 Å². The molecule has 0 spiro atoms. The third-order valence-electron chi connectivity index (χ3n) is 3.06. The summed E-state index contributed by atoms with van der Waals surface area (Å²) in [6.07, 6.45) is 0. The first-order valence-electron chi connectivity index (χ1n) is 6.40. The number of benzene rings is 2. The minimum Gasteiger partial charge on any atom is -0.478 e. The molecule has 2 aromatic carbocycles. The Morgan fingerprint density at radius 3 is 2.33 bits per heavy atom. The lowest BCUT2D eigenvalue weighted by Crippen LogP contribution is -2.17. The molecule has 0 atom stereocenters. The van der Waals surface area contributed by atoms with E-state index in [0.29, 0.717) is 18.7 Å². The summed E-state index contributed by atoms with van der Waals surface area (Å²) in [5.41, 5.74) is 1.14. The highest BCUT2D eigenvalue weighted by Gasteiger charge is 2.11. The van der Waals surface area contributed by atoms with Gasteiger partial charge in [-0.15, -0.1) is 0 Å². The van der Waals surface area contributed by atoms with E-state index in [1.54, 1.807) is 12.1 Å². The fourth-order valence-electron chi connectivity index (χ4n) is 2.14. The lowest BCUT2D eigenvalue weighted by Gasteiger charge is -2.17. The van der Waals surface area contributed by atoms with Crippen LogP contribution in [0.5, 0.6) is 0 Å². The van der Waals surface area contributed by atoms with Gasteiger partial charge in [0.05, 0.1) is 5.56 Å². The number of hydrogen-bond donors (Lipinski definition) is 1. The second kappa shape index (κ2) is 6.45. The Balaban J connectivity index is 2.04. The van der Waals surface area contributed by atoms with Crippen LogP contribution in [-0.4, -0.2) is 23.0 Å². The Hall–Kier alpha value is -2.27. The van der Waals surface area contributed by atoms with Crippen molar-refractivity contribution in [1.82, 2.24) is 4.90 Å². The lowest BCUT2D eigenvalue weighted by molar-refractivity contribution is 0.0692. The van der Waals surface area contributed by atoms with Crippen LogP contribution in [0.2, 0.25) is 0 Å². The number of carboxylic acids is 1. The van der Waals surface area contributed by atoms with Crippen molar-refractivity contribution in [3.63, 3.8) is 0 Å². The molecule has 0 heterocycles. The zero-order valence-corrected chi connectivity index (χ0v) is 11.5. The first-order valence-corrected chi connectivity index (χ1v) is 6.40. The van der Waals surface area contributed by atoms with Gasteiger partial charge in [0.2, 0.25) is 0 Å². The van der Waals surface area contributed by atoms with E-state index in [0.717, 1.165) is 5.56 Å². The molecule has 0 radical (unpaired) electrons. The van der Waals surface area contributed by atoms with Crippen molar-refractivity contribution < 1.29 is 18.7 Å². The molecule has 0 aliphatic rings. The number of halogens is 2. The van der Waals surface area contributed by atoms with E-state index in [1.165, 1.54) is 24.3 Å². The van der Waals surface area contributed by atoms with E-state index in [9.17, 15) is 13.6 Å². The summed E-state index contributed by atoms with van der Waals surface area (Å²) in [5.74, 6) is -2.33. The monoisotopic (exact) mass is 291 g/mol. The number of hydrogen-bond acceptors (Lipinski definition) is 2. The van der Waals surface area contributed by atoms with Crippen LogP contribution in [0.4, 0.5) is 8.78 Å². The molecule has 110 valence electrons. The summed E-state index contributed by atoms with van der Waals surface area (Å²) in [6, 6.07) is 10.3. The molecule has 2 rings (SSSR count). The van der Waals surface area contributed by atoms with Gasteiger partial charge in [-0.2, -0.15) is 0 Å². The molecular formula is C16H15F2NO2. The van der Waals surface area contributed by atoms with Gasteiger partial charge in [-0.25, -0.2) is 13.6 Å². The Morgan fingerprint density at radius 1 is 1.10 bits per heavy atom. The van der Waals surface area contributed by atoms with Crippen LogP contribution in [0.3, 0.4) is 0 Å². The highest BCUT2D eigenvalue weighted by atomic mass is 19.1. The van der Waals surface area contributed by atoms with Crippen molar-refractivity contribution in [1.29, 1.82) is 0 Å². The summed E-state index contributed by atoms with van der Waals surface area (Å²) in [5, 5.41) is 8.77. The second-order valence-corrected chi connectivity index (χ2v) is 4.92. The molecule has 21 heavy (non-hydrogen) atoms. The number of rotatable bonds is 5. The number of carboxylic acid groups (broad SMARTS) is 1. The summed E-state index contributed by atoms with van der Waals surface area (Å²) >= 11 is 0. The molecule has 0 aromatic heterocycles. The first kappa shape index (κ1) is 15.1. The number of aromatic carboxylic acids is 1. The zero-order chi connectivity index (χ0) is 15.4. The van der Waals surface area contributed by atoms with Crippen LogP contribution < -0.4 is 0 Å². The molecule has 3 nitrogen and oxygen atoms in total. The van der Waals surface area contributed by atoms with Crippen LogP contribution in [0.15, 0.2) is 42.5 Å². The molecule has 0 bridgehead atoms. The van der Waals surface area contributed by atoms with Crippen molar-refractivity contribution in [3.05, 3.63) is 70.8 Å². The highest BCUT2D eigenvalue weighted by molar-refractivity contribution is 5.87. The van der Waals surface area contributed by atoms with E-state index >= 15 is 0 Å². The molecule has 0 amide bonds. The summed E-state index contributed by atoms with van der Waals surface area (Å²) in [4.78, 5) is 12.6. The minimum absolute atomic E-state index is 0.294. The van der Waals surface area contributed by atoms with Crippen molar-refractivity contribution in [2.75, 3.05) is 7.05 Å². The maximum atomic E-state index is 13.6. The van der Waals surface area contributed by atoms with Crippen molar-refractivity contribution in [2.45, 2.75) is 13.1 Å². The normalized spacial score (nSPS) is 10.9.